The fourth-order valence-corrected chi connectivity index (χ4v) is 2.45. The standard InChI is InChI=1S/C20H19N3O3/c1-14-9-10-18(21-13-14)23-19(24)16(12-15-6-3-2-4-7-15)22-20(25)17-8-5-11-26-17/h2-11,13,16H,12H2,1H3,(H,22,25)(H,21,23,24). The zero-order chi connectivity index (χ0) is 18.4. The molecular formula is C20H19N3O3. The molecule has 3 aromatic rings. The summed E-state index contributed by atoms with van der Waals surface area (Å²) in [7, 11) is 0. The first-order valence-corrected chi connectivity index (χ1v) is 8.23. The van der Waals surface area contributed by atoms with E-state index >= 15 is 0 Å². The van der Waals surface area contributed by atoms with Crippen molar-refractivity contribution in [1.29, 1.82) is 0 Å². The number of aryl methyl sites for hydroxylation is 1. The van der Waals surface area contributed by atoms with Crippen LogP contribution in [0.15, 0.2) is 71.5 Å². The quantitative estimate of drug-likeness (QED) is 0.716. The number of amides is 2. The number of benzene rings is 1. The predicted molar refractivity (Wildman–Crippen MR) is 97.7 cm³/mol. The second-order valence-electron chi connectivity index (χ2n) is 5.90. The van der Waals surface area contributed by atoms with Gasteiger partial charge < -0.3 is 15.1 Å². The molecule has 3 rings (SSSR count). The molecule has 2 aromatic heterocycles. The molecule has 0 fully saturated rings. The number of anilines is 1. The van der Waals surface area contributed by atoms with Crippen LogP contribution in [0.1, 0.15) is 21.7 Å². The van der Waals surface area contributed by atoms with Gasteiger partial charge in [-0.05, 0) is 36.2 Å². The number of nitrogens with one attached hydrogen (secondary N) is 2. The largest absolute Gasteiger partial charge is 0.459 e. The summed E-state index contributed by atoms with van der Waals surface area (Å²) in [6, 6.07) is 15.5. The summed E-state index contributed by atoms with van der Waals surface area (Å²) in [5.74, 6) is -0.191. The van der Waals surface area contributed by atoms with Gasteiger partial charge in [0.25, 0.3) is 5.91 Å². The van der Waals surface area contributed by atoms with Crippen molar-refractivity contribution in [2.24, 2.45) is 0 Å². The number of carbonyl (C=O) groups excluding carboxylic acids is 2. The Labute approximate surface area is 151 Å². The lowest BCUT2D eigenvalue weighted by Crippen LogP contribution is -2.45. The van der Waals surface area contributed by atoms with E-state index in [1.165, 1.54) is 6.26 Å². The van der Waals surface area contributed by atoms with E-state index in [-0.39, 0.29) is 11.7 Å². The van der Waals surface area contributed by atoms with Gasteiger partial charge >= 0.3 is 0 Å². The minimum absolute atomic E-state index is 0.157. The maximum absolute atomic E-state index is 12.7. The van der Waals surface area contributed by atoms with Gasteiger partial charge in [0.15, 0.2) is 5.76 Å². The van der Waals surface area contributed by atoms with Crippen LogP contribution in [0.5, 0.6) is 0 Å². The lowest BCUT2D eigenvalue weighted by molar-refractivity contribution is -0.118. The fraction of sp³-hybridized carbons (Fsp3) is 0.150. The summed E-state index contributed by atoms with van der Waals surface area (Å²) in [4.78, 5) is 29.2. The van der Waals surface area contributed by atoms with Gasteiger partial charge in [-0.15, -0.1) is 0 Å². The third kappa shape index (κ3) is 4.57. The first-order valence-electron chi connectivity index (χ1n) is 8.23. The van der Waals surface area contributed by atoms with Crippen molar-refractivity contribution in [3.63, 3.8) is 0 Å². The van der Waals surface area contributed by atoms with Gasteiger partial charge in [0.2, 0.25) is 5.91 Å². The molecule has 26 heavy (non-hydrogen) atoms. The number of aromatic nitrogens is 1. The molecule has 0 aliphatic heterocycles. The molecule has 6 heteroatoms. The molecule has 0 aliphatic carbocycles. The van der Waals surface area contributed by atoms with Crippen molar-refractivity contribution in [3.8, 4) is 0 Å². The maximum atomic E-state index is 12.7. The Kier molecular flexibility index (Phi) is 5.43. The van der Waals surface area contributed by atoms with E-state index in [1.807, 2.05) is 43.3 Å². The highest BCUT2D eigenvalue weighted by Gasteiger charge is 2.23. The van der Waals surface area contributed by atoms with Gasteiger partial charge in [-0.1, -0.05) is 36.4 Å². The highest BCUT2D eigenvalue weighted by Crippen LogP contribution is 2.09. The number of furan rings is 1. The van der Waals surface area contributed by atoms with Crippen LogP contribution in [-0.4, -0.2) is 22.8 Å². The minimum Gasteiger partial charge on any atom is -0.459 e. The number of rotatable bonds is 6. The molecule has 0 saturated carbocycles. The fourth-order valence-electron chi connectivity index (χ4n) is 2.45. The molecule has 1 atom stereocenters. The molecule has 2 heterocycles. The SMILES string of the molecule is Cc1ccc(NC(=O)C(Cc2ccccc2)NC(=O)c2ccco2)nc1. The molecule has 0 spiro atoms. The van der Waals surface area contributed by atoms with Gasteiger partial charge in [0.05, 0.1) is 6.26 Å². The first-order chi connectivity index (χ1) is 12.6. The van der Waals surface area contributed by atoms with Crippen LogP contribution in [0.4, 0.5) is 5.82 Å². The molecule has 0 bridgehead atoms. The second kappa shape index (κ2) is 8.11. The van der Waals surface area contributed by atoms with Gasteiger partial charge in [0, 0.05) is 12.6 Å². The Morgan fingerprint density at radius 3 is 2.54 bits per heavy atom. The molecule has 1 aromatic carbocycles. The summed E-state index contributed by atoms with van der Waals surface area (Å²) in [5.41, 5.74) is 1.93. The Hall–Kier alpha value is -3.41. The summed E-state index contributed by atoms with van der Waals surface area (Å²) >= 11 is 0. The van der Waals surface area contributed by atoms with Crippen molar-refractivity contribution in [2.75, 3.05) is 5.32 Å². The molecule has 1 unspecified atom stereocenters. The highest BCUT2D eigenvalue weighted by molar-refractivity contribution is 5.99. The van der Waals surface area contributed by atoms with Crippen LogP contribution in [0, 0.1) is 6.92 Å². The predicted octanol–water partition coefficient (Wildman–Crippen LogP) is 2.96. The van der Waals surface area contributed by atoms with Crippen LogP contribution in [0.2, 0.25) is 0 Å². The summed E-state index contributed by atoms with van der Waals surface area (Å²) < 4.78 is 5.10. The number of pyridine rings is 1. The van der Waals surface area contributed by atoms with Gasteiger partial charge in [-0.3, -0.25) is 9.59 Å². The zero-order valence-electron chi connectivity index (χ0n) is 14.3. The van der Waals surface area contributed by atoms with E-state index in [4.69, 9.17) is 4.42 Å². The number of hydrogen-bond acceptors (Lipinski definition) is 4. The average Bonchev–Trinajstić information content (AvgIpc) is 3.19. The monoisotopic (exact) mass is 349 g/mol. The van der Waals surface area contributed by atoms with E-state index in [2.05, 4.69) is 15.6 Å². The molecule has 2 N–H and O–H groups in total. The van der Waals surface area contributed by atoms with Crippen LogP contribution in [-0.2, 0) is 11.2 Å². The Morgan fingerprint density at radius 2 is 1.88 bits per heavy atom. The van der Waals surface area contributed by atoms with E-state index in [0.29, 0.717) is 12.2 Å². The van der Waals surface area contributed by atoms with Crippen molar-refractivity contribution in [1.82, 2.24) is 10.3 Å². The van der Waals surface area contributed by atoms with Crippen LogP contribution in [0.3, 0.4) is 0 Å². The van der Waals surface area contributed by atoms with E-state index in [9.17, 15) is 9.59 Å². The first kappa shape index (κ1) is 17.4. The Bertz CT molecular complexity index is 859. The van der Waals surface area contributed by atoms with Crippen molar-refractivity contribution in [3.05, 3.63) is 83.9 Å². The highest BCUT2D eigenvalue weighted by atomic mass is 16.3. The molecular weight excluding hydrogens is 330 g/mol. The van der Waals surface area contributed by atoms with Crippen LogP contribution >= 0.6 is 0 Å². The Balaban J connectivity index is 1.75. The topological polar surface area (TPSA) is 84.2 Å². The molecule has 0 saturated heterocycles. The third-order valence-corrected chi connectivity index (χ3v) is 3.81. The summed E-state index contributed by atoms with van der Waals surface area (Å²) in [6.07, 6.45) is 3.44. The van der Waals surface area contributed by atoms with Gasteiger partial charge in [0.1, 0.15) is 11.9 Å². The van der Waals surface area contributed by atoms with Gasteiger partial charge in [-0.25, -0.2) is 4.98 Å². The summed E-state index contributed by atoms with van der Waals surface area (Å²) in [6.45, 7) is 1.92. The second-order valence-corrected chi connectivity index (χ2v) is 5.90. The molecule has 2 amide bonds. The summed E-state index contributed by atoms with van der Waals surface area (Å²) in [5, 5.41) is 5.47. The molecule has 0 aliphatic rings. The third-order valence-electron chi connectivity index (χ3n) is 3.81. The van der Waals surface area contributed by atoms with Gasteiger partial charge in [-0.2, -0.15) is 0 Å². The number of carbonyl (C=O) groups is 2. The van der Waals surface area contributed by atoms with E-state index in [1.54, 1.807) is 24.4 Å². The molecule has 6 nitrogen and oxygen atoms in total. The molecule has 0 radical (unpaired) electrons. The normalized spacial score (nSPS) is 11.6. The van der Waals surface area contributed by atoms with Crippen molar-refractivity contribution >= 4 is 17.6 Å². The van der Waals surface area contributed by atoms with Crippen LogP contribution < -0.4 is 10.6 Å². The lowest BCUT2D eigenvalue weighted by Gasteiger charge is -2.18. The van der Waals surface area contributed by atoms with Crippen molar-refractivity contribution in [2.45, 2.75) is 19.4 Å². The maximum Gasteiger partial charge on any atom is 0.287 e. The average molecular weight is 349 g/mol. The minimum atomic E-state index is -0.766. The molecule has 132 valence electrons. The van der Waals surface area contributed by atoms with Crippen molar-refractivity contribution < 1.29 is 14.0 Å². The zero-order valence-corrected chi connectivity index (χ0v) is 14.3. The van der Waals surface area contributed by atoms with E-state index in [0.717, 1.165) is 11.1 Å². The van der Waals surface area contributed by atoms with Crippen LogP contribution in [0.25, 0.3) is 0 Å². The van der Waals surface area contributed by atoms with E-state index < -0.39 is 11.9 Å². The number of nitrogens with zero attached hydrogens (tertiary/aromatic N) is 1. The Morgan fingerprint density at radius 1 is 1.08 bits per heavy atom. The number of hydrogen-bond donors (Lipinski definition) is 2. The lowest BCUT2D eigenvalue weighted by atomic mass is 10.0. The smallest absolute Gasteiger partial charge is 0.287 e.